The van der Waals surface area contributed by atoms with Crippen molar-refractivity contribution < 1.29 is 22.7 Å². The fraction of sp³-hybridized carbons (Fsp3) is 0.368. The highest BCUT2D eigenvalue weighted by atomic mass is 32.1. The van der Waals surface area contributed by atoms with Crippen LogP contribution in [0.3, 0.4) is 0 Å². The second-order valence-electron chi connectivity index (χ2n) is 6.29. The number of benzene rings is 1. The number of thiophene rings is 1. The number of carbonyl (C=O) groups is 1. The van der Waals surface area contributed by atoms with Crippen LogP contribution in [0.25, 0.3) is 0 Å². The summed E-state index contributed by atoms with van der Waals surface area (Å²) in [6.45, 7) is -0.391. The van der Waals surface area contributed by atoms with Gasteiger partial charge in [-0.1, -0.05) is 18.2 Å². The van der Waals surface area contributed by atoms with E-state index in [1.165, 1.54) is 17.0 Å². The van der Waals surface area contributed by atoms with Gasteiger partial charge in [0.25, 0.3) is 0 Å². The SMILES string of the molecule is CN(C)C(=O)CNC(=NCc1ccc(OCC(F)(F)F)cc1)NCc1cccs1. The zero-order chi connectivity index (χ0) is 21.3. The number of ether oxygens (including phenoxy) is 1. The van der Waals surface area contributed by atoms with Crippen LogP contribution in [0.2, 0.25) is 0 Å². The van der Waals surface area contributed by atoms with Crippen LogP contribution in [-0.2, 0) is 17.9 Å². The molecule has 0 saturated heterocycles. The zero-order valence-corrected chi connectivity index (χ0v) is 16.9. The number of nitrogens with zero attached hydrogens (tertiary/aromatic N) is 2. The van der Waals surface area contributed by atoms with Crippen molar-refractivity contribution in [3.8, 4) is 5.75 Å². The smallest absolute Gasteiger partial charge is 0.422 e. The van der Waals surface area contributed by atoms with Gasteiger partial charge in [0.05, 0.1) is 19.6 Å². The molecular weight excluding hydrogens is 405 g/mol. The molecule has 2 rings (SSSR count). The molecule has 0 aliphatic heterocycles. The van der Waals surface area contributed by atoms with Crippen LogP contribution in [0.4, 0.5) is 13.2 Å². The van der Waals surface area contributed by atoms with E-state index in [9.17, 15) is 18.0 Å². The summed E-state index contributed by atoms with van der Waals surface area (Å²) in [7, 11) is 3.34. The predicted molar refractivity (Wildman–Crippen MR) is 107 cm³/mol. The van der Waals surface area contributed by atoms with Crippen molar-refractivity contribution in [3.63, 3.8) is 0 Å². The first kappa shape index (κ1) is 22.5. The largest absolute Gasteiger partial charge is 0.484 e. The molecule has 2 N–H and O–H groups in total. The fourth-order valence-electron chi connectivity index (χ4n) is 2.10. The van der Waals surface area contributed by atoms with Crippen molar-refractivity contribution in [1.82, 2.24) is 15.5 Å². The lowest BCUT2D eigenvalue weighted by Gasteiger charge is -2.15. The topological polar surface area (TPSA) is 66.0 Å². The Balaban J connectivity index is 1.96. The predicted octanol–water partition coefficient (Wildman–Crippen LogP) is 3.01. The van der Waals surface area contributed by atoms with E-state index >= 15 is 0 Å². The summed E-state index contributed by atoms with van der Waals surface area (Å²) in [5.74, 6) is 0.508. The first-order chi connectivity index (χ1) is 13.7. The van der Waals surface area contributed by atoms with E-state index in [0.717, 1.165) is 10.4 Å². The number of likely N-dealkylation sites (N-methyl/N-ethyl adjacent to an activating group) is 1. The molecule has 1 aromatic carbocycles. The first-order valence-electron chi connectivity index (χ1n) is 8.76. The Hall–Kier alpha value is -2.75. The molecular formula is C19H23F3N4O2S. The fourth-order valence-corrected chi connectivity index (χ4v) is 2.75. The molecule has 0 radical (unpaired) electrons. The molecule has 0 bridgehead atoms. The minimum Gasteiger partial charge on any atom is -0.484 e. The Morgan fingerprint density at radius 3 is 2.48 bits per heavy atom. The Kier molecular flexibility index (Phi) is 8.32. The number of carbonyl (C=O) groups excluding carboxylic acids is 1. The lowest BCUT2D eigenvalue weighted by atomic mass is 10.2. The van der Waals surface area contributed by atoms with Crippen LogP contribution >= 0.6 is 11.3 Å². The van der Waals surface area contributed by atoms with Gasteiger partial charge in [-0.25, -0.2) is 4.99 Å². The summed E-state index contributed by atoms with van der Waals surface area (Å²) in [4.78, 5) is 18.9. The van der Waals surface area contributed by atoms with Gasteiger partial charge in [0, 0.05) is 19.0 Å². The summed E-state index contributed by atoms with van der Waals surface area (Å²) < 4.78 is 41.3. The maximum absolute atomic E-state index is 12.2. The number of nitrogens with one attached hydrogen (secondary N) is 2. The molecule has 10 heteroatoms. The van der Waals surface area contributed by atoms with E-state index in [0.29, 0.717) is 12.5 Å². The average Bonchev–Trinajstić information content (AvgIpc) is 3.19. The monoisotopic (exact) mass is 428 g/mol. The van der Waals surface area contributed by atoms with Gasteiger partial charge >= 0.3 is 6.18 Å². The Labute approximate surface area is 171 Å². The summed E-state index contributed by atoms with van der Waals surface area (Å²) >= 11 is 1.60. The maximum atomic E-state index is 12.2. The van der Waals surface area contributed by atoms with Crippen molar-refractivity contribution in [1.29, 1.82) is 0 Å². The van der Waals surface area contributed by atoms with Crippen LogP contribution < -0.4 is 15.4 Å². The Morgan fingerprint density at radius 2 is 1.90 bits per heavy atom. The number of amides is 1. The number of hydrogen-bond acceptors (Lipinski definition) is 4. The van der Waals surface area contributed by atoms with Crippen LogP contribution in [-0.4, -0.2) is 50.2 Å². The van der Waals surface area contributed by atoms with Gasteiger partial charge in [-0.05, 0) is 29.1 Å². The summed E-state index contributed by atoms with van der Waals surface area (Å²) in [5.41, 5.74) is 0.792. The molecule has 29 heavy (non-hydrogen) atoms. The van der Waals surface area contributed by atoms with E-state index in [-0.39, 0.29) is 24.7 Å². The van der Waals surface area contributed by atoms with E-state index in [2.05, 4.69) is 15.6 Å². The minimum atomic E-state index is -4.37. The number of hydrogen-bond donors (Lipinski definition) is 2. The van der Waals surface area contributed by atoms with Crippen molar-refractivity contribution in [3.05, 3.63) is 52.2 Å². The van der Waals surface area contributed by atoms with Gasteiger partial charge in [-0.2, -0.15) is 13.2 Å². The normalized spacial score (nSPS) is 11.8. The molecule has 0 saturated carbocycles. The number of aliphatic imine (C=N–C) groups is 1. The van der Waals surface area contributed by atoms with E-state index in [1.807, 2.05) is 17.5 Å². The molecule has 158 valence electrons. The van der Waals surface area contributed by atoms with Crippen molar-refractivity contribution in [2.24, 2.45) is 4.99 Å². The first-order valence-corrected chi connectivity index (χ1v) is 9.64. The number of halogens is 3. The van der Waals surface area contributed by atoms with E-state index in [1.54, 1.807) is 37.6 Å². The van der Waals surface area contributed by atoms with Gasteiger partial charge in [0.1, 0.15) is 5.75 Å². The number of rotatable bonds is 8. The van der Waals surface area contributed by atoms with Gasteiger partial charge in [0.15, 0.2) is 12.6 Å². The van der Waals surface area contributed by atoms with Crippen LogP contribution in [0.15, 0.2) is 46.8 Å². The number of alkyl halides is 3. The van der Waals surface area contributed by atoms with E-state index in [4.69, 9.17) is 4.74 Å². The molecule has 0 spiro atoms. The third-order valence-electron chi connectivity index (χ3n) is 3.66. The van der Waals surface area contributed by atoms with Crippen molar-refractivity contribution >= 4 is 23.2 Å². The molecule has 0 aliphatic rings. The van der Waals surface area contributed by atoms with Crippen molar-refractivity contribution in [2.45, 2.75) is 19.3 Å². The molecule has 0 fully saturated rings. The highest BCUT2D eigenvalue weighted by Crippen LogP contribution is 2.19. The second kappa shape index (κ2) is 10.7. The standard InChI is InChI=1S/C19H23F3N4O2S/c1-26(2)17(27)12-25-18(24-11-16-4-3-9-29-16)23-10-14-5-7-15(8-6-14)28-13-19(20,21)22/h3-9H,10-13H2,1-2H3,(H2,23,24,25). The quantitative estimate of drug-likeness (QED) is 0.501. The van der Waals surface area contributed by atoms with Gasteiger partial charge < -0.3 is 20.3 Å². The molecule has 0 unspecified atom stereocenters. The van der Waals surface area contributed by atoms with Crippen LogP contribution in [0, 0.1) is 0 Å². The third kappa shape index (κ3) is 8.86. The Morgan fingerprint density at radius 1 is 1.17 bits per heavy atom. The summed E-state index contributed by atoms with van der Waals surface area (Å²) in [6.07, 6.45) is -4.37. The zero-order valence-electron chi connectivity index (χ0n) is 16.1. The van der Waals surface area contributed by atoms with Gasteiger partial charge in [-0.3, -0.25) is 4.79 Å². The summed E-state index contributed by atoms with van der Waals surface area (Å²) in [5, 5.41) is 8.12. The Bertz CT molecular complexity index is 791. The minimum absolute atomic E-state index is 0.0908. The molecule has 6 nitrogen and oxygen atoms in total. The molecule has 1 heterocycles. The van der Waals surface area contributed by atoms with Crippen molar-refractivity contribution in [2.75, 3.05) is 27.2 Å². The second-order valence-corrected chi connectivity index (χ2v) is 7.32. The van der Waals surface area contributed by atoms with Gasteiger partial charge in [-0.15, -0.1) is 11.3 Å². The number of guanidine groups is 1. The highest BCUT2D eigenvalue weighted by molar-refractivity contribution is 7.09. The van der Waals surface area contributed by atoms with Crippen LogP contribution in [0.1, 0.15) is 10.4 Å². The lowest BCUT2D eigenvalue weighted by Crippen LogP contribution is -2.42. The third-order valence-corrected chi connectivity index (χ3v) is 4.54. The summed E-state index contributed by atoms with van der Waals surface area (Å²) in [6, 6.07) is 10.2. The highest BCUT2D eigenvalue weighted by Gasteiger charge is 2.28. The average molecular weight is 428 g/mol. The molecule has 1 aromatic heterocycles. The molecule has 2 aromatic rings. The molecule has 0 atom stereocenters. The van der Waals surface area contributed by atoms with Gasteiger partial charge in [0.2, 0.25) is 5.91 Å². The lowest BCUT2D eigenvalue weighted by molar-refractivity contribution is -0.153. The van der Waals surface area contributed by atoms with E-state index < -0.39 is 12.8 Å². The maximum Gasteiger partial charge on any atom is 0.422 e. The van der Waals surface area contributed by atoms with Crippen LogP contribution in [0.5, 0.6) is 5.75 Å². The molecule has 0 aliphatic carbocycles. The molecule has 1 amide bonds.